The minimum Gasteiger partial charge on any atom is -0.269 e. The largest absolute Gasteiger partial charge is 0.269 e. The highest BCUT2D eigenvalue weighted by atomic mass is 32.1. The predicted molar refractivity (Wildman–Crippen MR) is 173 cm³/mol. The quantitative estimate of drug-likeness (QED) is 0.210. The van der Waals surface area contributed by atoms with Gasteiger partial charge >= 0.3 is 0 Å². The van der Waals surface area contributed by atoms with E-state index in [1.165, 1.54) is 36.6 Å². The van der Waals surface area contributed by atoms with Crippen molar-refractivity contribution in [3.63, 3.8) is 0 Å². The summed E-state index contributed by atoms with van der Waals surface area (Å²) in [5.74, 6) is -0.740. The lowest BCUT2D eigenvalue weighted by Crippen LogP contribution is -2.40. The molecule has 0 N–H and O–H groups in total. The van der Waals surface area contributed by atoms with E-state index in [4.69, 9.17) is 12.6 Å². The molecule has 0 spiro atoms. The first-order valence-electron chi connectivity index (χ1n) is 14.0. The Hall–Kier alpha value is -3.93. The van der Waals surface area contributed by atoms with Crippen molar-refractivity contribution in [3.8, 4) is 0 Å². The number of para-hydroxylation sites is 1. The van der Waals surface area contributed by atoms with Gasteiger partial charge in [0.1, 0.15) is 0 Å². The van der Waals surface area contributed by atoms with Crippen LogP contribution < -0.4 is 15.3 Å². The zero-order valence-corrected chi connectivity index (χ0v) is 24.7. The minimum absolute atomic E-state index is 0.168. The van der Waals surface area contributed by atoms with E-state index in [1.54, 1.807) is 29.5 Å². The third-order valence-corrected chi connectivity index (χ3v) is 10.1. The maximum atomic E-state index is 14.1. The molecule has 4 aromatic rings. The number of benzene rings is 3. The maximum Gasteiger partial charge on any atom is 0.265 e. The van der Waals surface area contributed by atoms with Crippen molar-refractivity contribution in [3.05, 3.63) is 122 Å². The second kappa shape index (κ2) is 10.2. The van der Waals surface area contributed by atoms with Gasteiger partial charge in [0.25, 0.3) is 11.8 Å². The van der Waals surface area contributed by atoms with E-state index in [0.29, 0.717) is 17.7 Å². The number of nitrogens with zero attached hydrogens (tertiary/aromatic N) is 1. The molecule has 5 heteroatoms. The number of rotatable bonds is 3. The van der Waals surface area contributed by atoms with Crippen LogP contribution in [0.5, 0.6) is 0 Å². The highest BCUT2D eigenvalue weighted by Gasteiger charge is 2.36. The molecule has 1 unspecified atom stereocenters. The van der Waals surface area contributed by atoms with Crippen LogP contribution in [0, 0.1) is 0 Å². The van der Waals surface area contributed by atoms with Crippen molar-refractivity contribution in [1.82, 2.24) is 0 Å². The van der Waals surface area contributed by atoms with Gasteiger partial charge in [-0.3, -0.25) is 9.59 Å². The standard InChI is InChI=1S/C36H29NO2S2/c1-21(2)33(35-34(40)30-17-22-10-6-7-11-23(22)18-31(30)41-35)29-20-28-25(16-24-12-8-9-15-27(24)29)19-32(38)37(36(28)39)26-13-4-3-5-14-26/h3-5,8-15,17-20,29,40H,6-7,16H2,1-2H3. The van der Waals surface area contributed by atoms with Crippen LogP contribution >= 0.6 is 24.0 Å². The van der Waals surface area contributed by atoms with E-state index in [1.807, 2.05) is 24.3 Å². The highest BCUT2D eigenvalue weighted by Crippen LogP contribution is 2.48. The SMILES string of the molecule is CC(C)=C(c1sc2cc3c(cc2c1S)=CCCC=3)C1C=C2C(=O)N(c3ccccc3)C(=O)C=C2Cc2ccccc21. The lowest BCUT2D eigenvalue weighted by Gasteiger charge is -2.27. The van der Waals surface area contributed by atoms with Crippen molar-refractivity contribution in [2.45, 2.75) is 43.9 Å². The molecule has 0 saturated carbocycles. The summed E-state index contributed by atoms with van der Waals surface area (Å²) in [5, 5.41) is 3.73. The number of hydrogen-bond acceptors (Lipinski definition) is 4. The van der Waals surface area contributed by atoms with Gasteiger partial charge in [0.05, 0.1) is 5.69 Å². The normalized spacial score (nSPS) is 17.8. The molecule has 3 aliphatic rings. The van der Waals surface area contributed by atoms with Crippen LogP contribution in [0.15, 0.2) is 100 Å². The fourth-order valence-corrected chi connectivity index (χ4v) is 8.19. The molecule has 3 aromatic carbocycles. The summed E-state index contributed by atoms with van der Waals surface area (Å²) in [6.45, 7) is 4.29. The molecule has 3 nitrogen and oxygen atoms in total. The number of thiophene rings is 1. The van der Waals surface area contributed by atoms with E-state index >= 15 is 0 Å². The van der Waals surface area contributed by atoms with E-state index < -0.39 is 0 Å². The average molecular weight is 572 g/mol. The van der Waals surface area contributed by atoms with Crippen molar-refractivity contribution in [2.24, 2.45) is 0 Å². The molecule has 1 atom stereocenters. The molecule has 0 fully saturated rings. The average Bonchev–Trinajstić information content (AvgIpc) is 3.18. The Kier molecular flexibility index (Phi) is 6.44. The molecule has 2 aliphatic carbocycles. The summed E-state index contributed by atoms with van der Waals surface area (Å²) >= 11 is 6.89. The van der Waals surface area contributed by atoms with Crippen LogP contribution in [-0.4, -0.2) is 11.8 Å². The summed E-state index contributed by atoms with van der Waals surface area (Å²) in [7, 11) is 0. The third kappa shape index (κ3) is 4.35. The van der Waals surface area contributed by atoms with E-state index in [2.05, 4.69) is 62.4 Å². The first-order valence-corrected chi connectivity index (χ1v) is 15.2. The van der Waals surface area contributed by atoms with E-state index in [9.17, 15) is 9.59 Å². The highest BCUT2D eigenvalue weighted by molar-refractivity contribution is 7.81. The number of carbonyl (C=O) groups excluding carboxylic acids is 2. The predicted octanol–water partition coefficient (Wildman–Crippen LogP) is 7.10. The van der Waals surface area contributed by atoms with Gasteiger partial charge in [0.2, 0.25) is 0 Å². The number of thiol groups is 1. The van der Waals surface area contributed by atoms with Crippen molar-refractivity contribution in [1.29, 1.82) is 0 Å². The molecule has 1 aliphatic heterocycles. The smallest absolute Gasteiger partial charge is 0.265 e. The van der Waals surface area contributed by atoms with Gasteiger partial charge in [-0.05, 0) is 90.1 Å². The Morgan fingerprint density at radius 1 is 0.927 bits per heavy atom. The third-order valence-electron chi connectivity index (χ3n) is 8.27. The topological polar surface area (TPSA) is 37.4 Å². The molecule has 2 amide bonds. The van der Waals surface area contributed by atoms with Crippen LogP contribution in [-0.2, 0) is 16.0 Å². The lowest BCUT2D eigenvalue weighted by atomic mass is 9.84. The molecule has 7 rings (SSSR count). The second-order valence-corrected chi connectivity index (χ2v) is 12.6. The zero-order chi connectivity index (χ0) is 28.2. The fraction of sp³-hybridized carbons (Fsp3) is 0.167. The Bertz CT molecular complexity index is 1990. The van der Waals surface area contributed by atoms with Gasteiger partial charge in [-0.15, -0.1) is 24.0 Å². The number of hydrogen-bond donors (Lipinski definition) is 1. The summed E-state index contributed by atoms with van der Waals surface area (Å²) in [6.07, 6.45) is 11.0. The Labute approximate surface area is 248 Å². The van der Waals surface area contributed by atoms with Gasteiger partial charge < -0.3 is 0 Å². The second-order valence-electron chi connectivity index (χ2n) is 11.1. The minimum atomic E-state index is -0.300. The van der Waals surface area contributed by atoms with Crippen molar-refractivity contribution >= 4 is 69.3 Å². The van der Waals surface area contributed by atoms with Crippen molar-refractivity contribution in [2.75, 3.05) is 4.90 Å². The molecule has 0 saturated heterocycles. The van der Waals surface area contributed by atoms with E-state index in [0.717, 1.165) is 39.3 Å². The Morgan fingerprint density at radius 3 is 2.39 bits per heavy atom. The summed E-state index contributed by atoms with van der Waals surface area (Å²) in [6, 6.07) is 22.1. The van der Waals surface area contributed by atoms with Gasteiger partial charge in [-0.1, -0.05) is 66.3 Å². The molecule has 1 aromatic heterocycles. The molecule has 202 valence electrons. The first-order chi connectivity index (χ1) is 19.9. The number of allylic oxidation sites excluding steroid dienone is 3. The van der Waals surface area contributed by atoms with Crippen molar-refractivity contribution < 1.29 is 9.59 Å². The van der Waals surface area contributed by atoms with Crippen LogP contribution in [0.3, 0.4) is 0 Å². The Balaban J connectivity index is 1.44. The molecule has 0 bridgehead atoms. The zero-order valence-electron chi connectivity index (χ0n) is 23.0. The molecule has 41 heavy (non-hydrogen) atoms. The molecule has 0 radical (unpaired) electrons. The van der Waals surface area contributed by atoms with Gasteiger partial charge in [0.15, 0.2) is 0 Å². The van der Waals surface area contributed by atoms with Crippen LogP contribution in [0.4, 0.5) is 5.69 Å². The first kappa shape index (κ1) is 26.0. The summed E-state index contributed by atoms with van der Waals surface area (Å²) < 4.78 is 1.22. The molecular formula is C36H29NO2S2. The fourth-order valence-electron chi connectivity index (χ4n) is 6.35. The van der Waals surface area contributed by atoms with Crippen LogP contribution in [0.25, 0.3) is 27.8 Å². The number of anilines is 1. The summed E-state index contributed by atoms with van der Waals surface area (Å²) in [4.78, 5) is 30.7. The molecule has 2 heterocycles. The number of imide groups is 1. The maximum absolute atomic E-state index is 14.1. The van der Waals surface area contributed by atoms with E-state index in [-0.39, 0.29) is 17.7 Å². The number of carbonyl (C=O) groups is 2. The lowest BCUT2D eigenvalue weighted by molar-refractivity contribution is -0.122. The number of amides is 2. The van der Waals surface area contributed by atoms with Gasteiger partial charge in [0, 0.05) is 37.4 Å². The van der Waals surface area contributed by atoms with Gasteiger partial charge in [-0.25, -0.2) is 4.90 Å². The van der Waals surface area contributed by atoms with Gasteiger partial charge in [-0.2, -0.15) is 0 Å². The number of fused-ring (bicyclic) bond motifs is 4. The van der Waals surface area contributed by atoms with Crippen LogP contribution in [0.1, 0.15) is 48.6 Å². The Morgan fingerprint density at radius 2 is 1.63 bits per heavy atom. The van der Waals surface area contributed by atoms with Crippen LogP contribution in [0.2, 0.25) is 0 Å². The summed E-state index contributed by atoms with van der Waals surface area (Å²) in [5.41, 5.74) is 6.58. The monoisotopic (exact) mass is 571 g/mol. The molecular weight excluding hydrogens is 543 g/mol.